The maximum atomic E-state index is 11.6. The topological polar surface area (TPSA) is 67.2 Å². The molecule has 0 aliphatic rings. The third kappa shape index (κ3) is 3.54. The standard InChI is InChI=1S/C17H21N3O/c1-11(2)12-5-4-6-14(9-12)20-16-8-7-13(10-15(16)18)17(21)19-3/h4-11,20H,18H2,1-3H3,(H,19,21). The number of carbonyl (C=O) groups is 1. The van der Waals surface area contributed by atoms with Gasteiger partial charge < -0.3 is 16.4 Å². The molecule has 0 aromatic heterocycles. The molecule has 0 aliphatic carbocycles. The van der Waals surface area contributed by atoms with Crippen molar-refractivity contribution in [1.29, 1.82) is 0 Å². The van der Waals surface area contributed by atoms with Crippen LogP contribution in [0.2, 0.25) is 0 Å². The van der Waals surface area contributed by atoms with E-state index in [1.807, 2.05) is 18.2 Å². The van der Waals surface area contributed by atoms with Crippen LogP contribution in [0, 0.1) is 0 Å². The Morgan fingerprint density at radius 3 is 2.52 bits per heavy atom. The first-order valence-electron chi connectivity index (χ1n) is 7.00. The van der Waals surface area contributed by atoms with E-state index in [-0.39, 0.29) is 5.91 Å². The Bertz CT molecular complexity index is 650. The summed E-state index contributed by atoms with van der Waals surface area (Å²) in [6.45, 7) is 4.32. The number of carbonyl (C=O) groups excluding carboxylic acids is 1. The van der Waals surface area contributed by atoms with Gasteiger partial charge in [0, 0.05) is 18.3 Å². The lowest BCUT2D eigenvalue weighted by Crippen LogP contribution is -2.17. The average Bonchev–Trinajstić information content (AvgIpc) is 2.48. The van der Waals surface area contributed by atoms with E-state index >= 15 is 0 Å². The van der Waals surface area contributed by atoms with Crippen LogP contribution in [-0.4, -0.2) is 13.0 Å². The molecule has 0 unspecified atom stereocenters. The van der Waals surface area contributed by atoms with E-state index in [1.54, 1.807) is 19.2 Å². The SMILES string of the molecule is CNC(=O)c1ccc(Nc2cccc(C(C)C)c2)c(N)c1. The highest BCUT2D eigenvalue weighted by Crippen LogP contribution is 2.26. The van der Waals surface area contributed by atoms with Gasteiger partial charge in [0.25, 0.3) is 5.91 Å². The van der Waals surface area contributed by atoms with Gasteiger partial charge in [0.15, 0.2) is 0 Å². The van der Waals surface area contributed by atoms with Crippen LogP contribution in [0.4, 0.5) is 17.1 Å². The fraction of sp³-hybridized carbons (Fsp3) is 0.235. The van der Waals surface area contributed by atoms with Crippen molar-refractivity contribution in [3.63, 3.8) is 0 Å². The molecule has 0 heterocycles. The monoisotopic (exact) mass is 283 g/mol. The lowest BCUT2D eigenvalue weighted by molar-refractivity contribution is 0.0963. The number of amides is 1. The third-order valence-electron chi connectivity index (χ3n) is 3.37. The largest absolute Gasteiger partial charge is 0.397 e. The van der Waals surface area contributed by atoms with Crippen LogP contribution in [0.25, 0.3) is 0 Å². The summed E-state index contributed by atoms with van der Waals surface area (Å²) >= 11 is 0. The average molecular weight is 283 g/mol. The lowest BCUT2D eigenvalue weighted by atomic mass is 10.0. The van der Waals surface area contributed by atoms with E-state index in [0.29, 0.717) is 17.2 Å². The fourth-order valence-electron chi connectivity index (χ4n) is 2.09. The summed E-state index contributed by atoms with van der Waals surface area (Å²) in [5.74, 6) is 0.328. The van der Waals surface area contributed by atoms with Gasteiger partial charge in [-0.2, -0.15) is 0 Å². The first-order chi connectivity index (χ1) is 10.0. The van der Waals surface area contributed by atoms with Crippen molar-refractivity contribution in [3.8, 4) is 0 Å². The summed E-state index contributed by atoms with van der Waals surface area (Å²) in [5.41, 5.74) is 10.2. The Labute approximate surface area is 125 Å². The number of benzene rings is 2. The molecule has 4 N–H and O–H groups in total. The Balaban J connectivity index is 2.24. The number of nitrogen functional groups attached to an aromatic ring is 1. The molecule has 2 aromatic rings. The summed E-state index contributed by atoms with van der Waals surface area (Å²) < 4.78 is 0. The van der Waals surface area contributed by atoms with Crippen molar-refractivity contribution in [3.05, 3.63) is 53.6 Å². The molecular weight excluding hydrogens is 262 g/mol. The van der Waals surface area contributed by atoms with Gasteiger partial charge in [-0.15, -0.1) is 0 Å². The number of hydrogen-bond acceptors (Lipinski definition) is 3. The summed E-state index contributed by atoms with van der Waals surface area (Å²) in [6.07, 6.45) is 0. The minimum absolute atomic E-state index is 0.143. The molecule has 4 heteroatoms. The van der Waals surface area contributed by atoms with Crippen LogP contribution >= 0.6 is 0 Å². The van der Waals surface area contributed by atoms with Crippen molar-refractivity contribution in [2.24, 2.45) is 0 Å². The predicted molar refractivity (Wildman–Crippen MR) is 88.1 cm³/mol. The van der Waals surface area contributed by atoms with E-state index in [4.69, 9.17) is 5.73 Å². The molecule has 0 saturated carbocycles. The van der Waals surface area contributed by atoms with E-state index in [0.717, 1.165) is 11.4 Å². The summed E-state index contributed by atoms with van der Waals surface area (Å²) in [6, 6.07) is 13.5. The van der Waals surface area contributed by atoms with Gasteiger partial charge in [0.2, 0.25) is 0 Å². The van der Waals surface area contributed by atoms with Crippen LogP contribution in [-0.2, 0) is 0 Å². The molecule has 0 spiro atoms. The fourth-order valence-corrected chi connectivity index (χ4v) is 2.09. The lowest BCUT2D eigenvalue weighted by Gasteiger charge is -2.13. The predicted octanol–water partition coefficient (Wildman–Crippen LogP) is 3.50. The van der Waals surface area contributed by atoms with Gasteiger partial charge in [-0.3, -0.25) is 4.79 Å². The summed E-state index contributed by atoms with van der Waals surface area (Å²) in [5, 5.41) is 5.88. The highest BCUT2D eigenvalue weighted by atomic mass is 16.1. The number of nitrogens with two attached hydrogens (primary N) is 1. The number of nitrogens with one attached hydrogen (secondary N) is 2. The van der Waals surface area contributed by atoms with E-state index in [2.05, 4.69) is 36.6 Å². The molecule has 21 heavy (non-hydrogen) atoms. The minimum atomic E-state index is -0.143. The molecule has 0 saturated heterocycles. The molecular formula is C17H21N3O. The molecule has 0 radical (unpaired) electrons. The second-order valence-electron chi connectivity index (χ2n) is 5.29. The van der Waals surface area contributed by atoms with Crippen LogP contribution in [0.1, 0.15) is 35.7 Å². The first kappa shape index (κ1) is 14.9. The molecule has 110 valence electrons. The van der Waals surface area contributed by atoms with Crippen LogP contribution in [0.15, 0.2) is 42.5 Å². The highest BCUT2D eigenvalue weighted by molar-refractivity contribution is 5.96. The number of rotatable bonds is 4. The molecule has 2 rings (SSSR count). The van der Waals surface area contributed by atoms with Crippen molar-refractivity contribution >= 4 is 23.0 Å². The van der Waals surface area contributed by atoms with Crippen LogP contribution in [0.3, 0.4) is 0 Å². The normalized spacial score (nSPS) is 10.5. The molecule has 0 fully saturated rings. The van der Waals surface area contributed by atoms with Gasteiger partial charge in [0.05, 0.1) is 11.4 Å². The minimum Gasteiger partial charge on any atom is -0.397 e. The zero-order valence-corrected chi connectivity index (χ0v) is 12.6. The molecule has 1 amide bonds. The smallest absolute Gasteiger partial charge is 0.251 e. The maximum Gasteiger partial charge on any atom is 0.251 e. The van der Waals surface area contributed by atoms with Gasteiger partial charge >= 0.3 is 0 Å². The summed E-state index contributed by atoms with van der Waals surface area (Å²) in [4.78, 5) is 11.6. The van der Waals surface area contributed by atoms with Crippen molar-refractivity contribution in [1.82, 2.24) is 5.32 Å². The van der Waals surface area contributed by atoms with Gasteiger partial charge in [0.1, 0.15) is 0 Å². The van der Waals surface area contributed by atoms with E-state index in [9.17, 15) is 4.79 Å². The highest BCUT2D eigenvalue weighted by Gasteiger charge is 2.07. The molecule has 0 aliphatic heterocycles. The Morgan fingerprint density at radius 2 is 1.90 bits per heavy atom. The Hall–Kier alpha value is -2.49. The Kier molecular flexibility index (Phi) is 4.48. The molecule has 0 bridgehead atoms. The molecule has 2 aromatic carbocycles. The van der Waals surface area contributed by atoms with E-state index < -0.39 is 0 Å². The van der Waals surface area contributed by atoms with Crippen molar-refractivity contribution < 1.29 is 4.79 Å². The van der Waals surface area contributed by atoms with Gasteiger partial charge in [-0.25, -0.2) is 0 Å². The molecule has 0 atom stereocenters. The second-order valence-corrected chi connectivity index (χ2v) is 5.29. The van der Waals surface area contributed by atoms with Crippen molar-refractivity contribution in [2.75, 3.05) is 18.1 Å². The quantitative estimate of drug-likeness (QED) is 0.752. The number of hydrogen-bond donors (Lipinski definition) is 3. The zero-order chi connectivity index (χ0) is 15.4. The maximum absolute atomic E-state index is 11.6. The van der Waals surface area contributed by atoms with E-state index in [1.165, 1.54) is 5.56 Å². The second kappa shape index (κ2) is 6.31. The van der Waals surface area contributed by atoms with Gasteiger partial charge in [-0.1, -0.05) is 26.0 Å². The molecule has 4 nitrogen and oxygen atoms in total. The zero-order valence-electron chi connectivity index (χ0n) is 12.6. The Morgan fingerprint density at radius 1 is 1.14 bits per heavy atom. The number of anilines is 3. The van der Waals surface area contributed by atoms with Crippen LogP contribution in [0.5, 0.6) is 0 Å². The third-order valence-corrected chi connectivity index (χ3v) is 3.37. The van der Waals surface area contributed by atoms with Crippen LogP contribution < -0.4 is 16.4 Å². The first-order valence-corrected chi connectivity index (χ1v) is 7.00. The summed E-state index contributed by atoms with van der Waals surface area (Å²) in [7, 11) is 1.60. The van der Waals surface area contributed by atoms with Gasteiger partial charge in [-0.05, 0) is 41.8 Å². The van der Waals surface area contributed by atoms with Crippen molar-refractivity contribution in [2.45, 2.75) is 19.8 Å².